The van der Waals surface area contributed by atoms with Crippen molar-refractivity contribution in [3.05, 3.63) is 67.4 Å². The predicted octanol–water partition coefficient (Wildman–Crippen LogP) is 1.59. The molecule has 0 bridgehead atoms. The Morgan fingerprint density at radius 1 is 1.19 bits per heavy atom. The predicted molar refractivity (Wildman–Crippen MR) is 83.6 cm³/mol. The van der Waals surface area contributed by atoms with Gasteiger partial charge in [0.1, 0.15) is 0 Å². The van der Waals surface area contributed by atoms with Gasteiger partial charge in [-0.15, -0.1) is 0 Å². The molecule has 1 aromatic heterocycles. The van der Waals surface area contributed by atoms with Crippen molar-refractivity contribution in [2.24, 2.45) is 14.1 Å². The van der Waals surface area contributed by atoms with E-state index in [9.17, 15) is 9.59 Å². The minimum Gasteiger partial charge on any atom is -0.305 e. The molecule has 5 nitrogen and oxygen atoms in total. The van der Waals surface area contributed by atoms with Crippen molar-refractivity contribution >= 4 is 11.6 Å². The van der Waals surface area contributed by atoms with Crippen molar-refractivity contribution in [3.63, 3.8) is 0 Å². The monoisotopic (exact) mass is 307 g/mol. The zero-order chi connectivity index (χ0) is 15.6. The van der Waals surface area contributed by atoms with Gasteiger partial charge in [0, 0.05) is 43.5 Å². The van der Waals surface area contributed by atoms with Gasteiger partial charge >= 0.3 is 5.69 Å². The van der Waals surface area contributed by atoms with E-state index in [1.807, 2.05) is 31.2 Å². The Bertz CT molecular complexity index is 764. The molecular weight excluding hydrogens is 290 g/mol. The minimum absolute atomic E-state index is 0.0582. The lowest BCUT2D eigenvalue weighted by molar-refractivity contribution is 0.540. The first-order chi connectivity index (χ1) is 9.90. The summed E-state index contributed by atoms with van der Waals surface area (Å²) < 4.78 is 2.56. The molecule has 2 rings (SSSR count). The number of hydrogen-bond donors (Lipinski definition) is 1. The van der Waals surface area contributed by atoms with Gasteiger partial charge in [-0.3, -0.25) is 13.9 Å². The highest BCUT2D eigenvalue weighted by Crippen LogP contribution is 2.17. The number of benzene rings is 1. The quantitative estimate of drug-likeness (QED) is 0.933. The van der Waals surface area contributed by atoms with Crippen molar-refractivity contribution in [1.82, 2.24) is 14.5 Å². The lowest BCUT2D eigenvalue weighted by atomic mass is 10.1. The molecule has 1 N–H and O–H groups in total. The van der Waals surface area contributed by atoms with Gasteiger partial charge in [-0.25, -0.2) is 4.79 Å². The molecule has 0 aliphatic heterocycles. The molecule has 0 unspecified atom stereocenters. The number of halogens is 1. The normalized spacial score (nSPS) is 12.4. The first kappa shape index (κ1) is 15.5. The zero-order valence-electron chi connectivity index (χ0n) is 12.3. The molecule has 6 heteroatoms. The van der Waals surface area contributed by atoms with E-state index in [2.05, 4.69) is 5.32 Å². The molecule has 21 heavy (non-hydrogen) atoms. The van der Waals surface area contributed by atoms with Gasteiger partial charge < -0.3 is 5.32 Å². The van der Waals surface area contributed by atoms with E-state index < -0.39 is 0 Å². The fourth-order valence-corrected chi connectivity index (χ4v) is 2.30. The van der Waals surface area contributed by atoms with Crippen molar-refractivity contribution in [3.8, 4) is 0 Å². The molecule has 1 aromatic carbocycles. The average molecular weight is 308 g/mol. The maximum Gasteiger partial charge on any atom is 0.330 e. The van der Waals surface area contributed by atoms with Crippen LogP contribution in [0, 0.1) is 0 Å². The minimum atomic E-state index is -0.324. The van der Waals surface area contributed by atoms with Crippen LogP contribution in [0.3, 0.4) is 0 Å². The Labute approximate surface area is 127 Å². The summed E-state index contributed by atoms with van der Waals surface area (Å²) in [5.74, 6) is 0. The number of hydrogen-bond acceptors (Lipinski definition) is 3. The maximum absolute atomic E-state index is 11.9. The van der Waals surface area contributed by atoms with Crippen LogP contribution in [0.2, 0.25) is 5.02 Å². The third kappa shape index (κ3) is 3.43. The largest absolute Gasteiger partial charge is 0.330 e. The second-order valence-electron chi connectivity index (χ2n) is 5.03. The van der Waals surface area contributed by atoms with Crippen LogP contribution in [0.1, 0.15) is 24.2 Å². The van der Waals surface area contributed by atoms with Gasteiger partial charge in [-0.05, 0) is 24.6 Å². The molecule has 0 saturated heterocycles. The molecule has 0 aliphatic carbocycles. The maximum atomic E-state index is 11.9. The van der Waals surface area contributed by atoms with Gasteiger partial charge in [-0.1, -0.05) is 23.7 Å². The number of nitrogens with one attached hydrogen (secondary N) is 1. The van der Waals surface area contributed by atoms with Crippen LogP contribution < -0.4 is 16.6 Å². The van der Waals surface area contributed by atoms with Gasteiger partial charge in [0.15, 0.2) is 0 Å². The Morgan fingerprint density at radius 2 is 1.90 bits per heavy atom. The summed E-state index contributed by atoms with van der Waals surface area (Å²) >= 11 is 5.97. The van der Waals surface area contributed by atoms with Gasteiger partial charge in [0.05, 0.1) is 0 Å². The lowest BCUT2D eigenvalue weighted by Gasteiger charge is -2.16. The van der Waals surface area contributed by atoms with Crippen molar-refractivity contribution in [1.29, 1.82) is 0 Å². The van der Waals surface area contributed by atoms with Crippen molar-refractivity contribution in [2.75, 3.05) is 0 Å². The molecule has 0 radical (unpaired) electrons. The van der Waals surface area contributed by atoms with Crippen molar-refractivity contribution < 1.29 is 0 Å². The molecule has 2 aromatic rings. The summed E-state index contributed by atoms with van der Waals surface area (Å²) in [5.41, 5.74) is 1.08. The molecular formula is C15H18ClN3O2. The van der Waals surface area contributed by atoms with Gasteiger partial charge in [0.2, 0.25) is 0 Å². The standard InChI is InChI=1S/C15H18ClN3O2/c1-10(11-5-4-6-12(16)7-11)17-9-13-8-14(20)19(3)15(21)18(13)2/h4-8,10,17H,9H2,1-3H3/t10-/m1/s1. The van der Waals surface area contributed by atoms with Gasteiger partial charge in [0.25, 0.3) is 5.56 Å². The highest BCUT2D eigenvalue weighted by atomic mass is 35.5. The van der Waals surface area contributed by atoms with E-state index in [1.165, 1.54) is 17.7 Å². The summed E-state index contributed by atoms with van der Waals surface area (Å²) in [5, 5.41) is 3.97. The van der Waals surface area contributed by atoms with E-state index >= 15 is 0 Å². The Kier molecular flexibility index (Phi) is 4.65. The summed E-state index contributed by atoms with van der Waals surface area (Å²) in [6, 6.07) is 9.11. The highest BCUT2D eigenvalue weighted by Gasteiger charge is 2.09. The summed E-state index contributed by atoms with van der Waals surface area (Å²) in [7, 11) is 3.12. The van der Waals surface area contributed by atoms with Crippen LogP contribution in [-0.4, -0.2) is 9.13 Å². The van der Waals surface area contributed by atoms with Crippen LogP contribution in [0.15, 0.2) is 39.9 Å². The Hall–Kier alpha value is -1.85. The molecule has 1 heterocycles. The second-order valence-corrected chi connectivity index (χ2v) is 5.47. The van der Waals surface area contributed by atoms with Crippen LogP contribution in [0.4, 0.5) is 0 Å². The molecule has 0 spiro atoms. The first-order valence-electron chi connectivity index (χ1n) is 6.65. The van der Waals surface area contributed by atoms with E-state index in [4.69, 9.17) is 11.6 Å². The summed E-state index contributed by atoms with van der Waals surface area (Å²) in [4.78, 5) is 23.5. The van der Waals surface area contributed by atoms with E-state index in [0.29, 0.717) is 17.3 Å². The smallest absolute Gasteiger partial charge is 0.305 e. The van der Waals surface area contributed by atoms with Gasteiger partial charge in [-0.2, -0.15) is 0 Å². The number of nitrogens with zero attached hydrogens (tertiary/aromatic N) is 2. The molecule has 1 atom stereocenters. The van der Waals surface area contributed by atoms with Crippen LogP contribution in [-0.2, 0) is 20.6 Å². The molecule has 0 saturated carbocycles. The fraction of sp³-hybridized carbons (Fsp3) is 0.333. The second kappa shape index (κ2) is 6.28. The molecule has 0 aliphatic rings. The first-order valence-corrected chi connectivity index (χ1v) is 7.02. The van der Waals surface area contributed by atoms with Crippen molar-refractivity contribution in [2.45, 2.75) is 19.5 Å². The fourth-order valence-electron chi connectivity index (χ4n) is 2.10. The molecule has 0 fully saturated rings. The molecule has 0 amide bonds. The average Bonchev–Trinajstić information content (AvgIpc) is 2.47. The number of aromatic nitrogens is 2. The Morgan fingerprint density at radius 3 is 2.57 bits per heavy atom. The van der Waals surface area contributed by atoms with E-state index in [0.717, 1.165) is 10.1 Å². The third-order valence-electron chi connectivity index (χ3n) is 3.56. The lowest BCUT2D eigenvalue weighted by Crippen LogP contribution is -2.39. The molecule has 112 valence electrons. The SMILES string of the molecule is C[C@@H](NCc1cc(=O)n(C)c(=O)n1C)c1cccc(Cl)c1. The van der Waals surface area contributed by atoms with E-state index in [1.54, 1.807) is 7.05 Å². The zero-order valence-corrected chi connectivity index (χ0v) is 13.0. The van der Waals surface area contributed by atoms with Crippen LogP contribution in [0.25, 0.3) is 0 Å². The third-order valence-corrected chi connectivity index (χ3v) is 3.80. The number of rotatable bonds is 4. The Balaban J connectivity index is 2.17. The highest BCUT2D eigenvalue weighted by molar-refractivity contribution is 6.30. The van der Waals surface area contributed by atoms with Crippen LogP contribution >= 0.6 is 11.6 Å². The van der Waals surface area contributed by atoms with Crippen LogP contribution in [0.5, 0.6) is 0 Å². The summed E-state index contributed by atoms with van der Waals surface area (Å²) in [6.45, 7) is 2.43. The topological polar surface area (TPSA) is 56.0 Å². The van der Waals surface area contributed by atoms with E-state index in [-0.39, 0.29) is 17.3 Å². The summed E-state index contributed by atoms with van der Waals surface area (Å²) in [6.07, 6.45) is 0.